The maximum atomic E-state index is 9.11. The minimum Gasteiger partial charge on any atom is -0.298 e. The van der Waals surface area contributed by atoms with Crippen molar-refractivity contribution in [2.75, 3.05) is 6.54 Å². The molecule has 0 aliphatic heterocycles. The summed E-state index contributed by atoms with van der Waals surface area (Å²) in [5.41, 5.74) is 0.761. The van der Waals surface area contributed by atoms with E-state index in [1.54, 1.807) is 6.07 Å². The molecule has 1 unspecified atom stereocenters. The Morgan fingerprint density at radius 2 is 2.19 bits per heavy atom. The van der Waals surface area contributed by atoms with Gasteiger partial charge in [0.25, 0.3) is 0 Å². The molecule has 84 valence electrons. The van der Waals surface area contributed by atoms with Crippen LogP contribution < -0.4 is 5.32 Å². The van der Waals surface area contributed by atoms with Crippen molar-refractivity contribution in [3.05, 3.63) is 33.8 Å². The summed E-state index contributed by atoms with van der Waals surface area (Å²) in [6.07, 6.45) is 2.52. The summed E-state index contributed by atoms with van der Waals surface area (Å²) in [7, 11) is 0. The standard InChI is InChI=1S/C12H12Cl2N2/c13-10-3-1-2-9(12(10)14)11(6-15)16-7-8-4-5-8/h1-3,8,11,16H,4-5,7H2. The van der Waals surface area contributed by atoms with Crippen LogP contribution in [0.2, 0.25) is 10.0 Å². The summed E-state index contributed by atoms with van der Waals surface area (Å²) >= 11 is 12.0. The van der Waals surface area contributed by atoms with Crippen molar-refractivity contribution < 1.29 is 0 Å². The van der Waals surface area contributed by atoms with Crippen LogP contribution >= 0.6 is 23.2 Å². The first-order chi connectivity index (χ1) is 7.72. The van der Waals surface area contributed by atoms with Gasteiger partial charge < -0.3 is 0 Å². The molecule has 1 aliphatic carbocycles. The van der Waals surface area contributed by atoms with E-state index >= 15 is 0 Å². The maximum Gasteiger partial charge on any atom is 0.122 e. The van der Waals surface area contributed by atoms with Crippen molar-refractivity contribution in [3.63, 3.8) is 0 Å². The van der Waals surface area contributed by atoms with Crippen LogP contribution in [0.4, 0.5) is 0 Å². The van der Waals surface area contributed by atoms with Crippen molar-refractivity contribution in [1.82, 2.24) is 5.32 Å². The minimum absolute atomic E-state index is 0.369. The number of nitrogens with one attached hydrogen (secondary N) is 1. The molecule has 0 amide bonds. The monoisotopic (exact) mass is 254 g/mol. The molecule has 16 heavy (non-hydrogen) atoms. The molecule has 0 aromatic heterocycles. The molecule has 0 bridgehead atoms. The fourth-order valence-electron chi connectivity index (χ4n) is 1.58. The van der Waals surface area contributed by atoms with E-state index in [2.05, 4.69) is 11.4 Å². The van der Waals surface area contributed by atoms with E-state index in [-0.39, 0.29) is 6.04 Å². The number of rotatable bonds is 4. The first-order valence-electron chi connectivity index (χ1n) is 5.29. The predicted octanol–water partition coefficient (Wildman–Crippen LogP) is 3.56. The van der Waals surface area contributed by atoms with Gasteiger partial charge in [0.1, 0.15) is 6.04 Å². The Kier molecular flexibility index (Phi) is 3.70. The topological polar surface area (TPSA) is 35.8 Å². The molecule has 0 radical (unpaired) electrons. The van der Waals surface area contributed by atoms with Crippen molar-refractivity contribution in [2.45, 2.75) is 18.9 Å². The number of benzene rings is 1. The maximum absolute atomic E-state index is 9.11. The zero-order valence-corrected chi connectivity index (χ0v) is 10.2. The molecular formula is C12H12Cl2N2. The molecular weight excluding hydrogens is 243 g/mol. The third kappa shape index (κ3) is 2.68. The van der Waals surface area contributed by atoms with Crippen LogP contribution in [0.1, 0.15) is 24.4 Å². The van der Waals surface area contributed by atoms with Crippen LogP contribution in [0.3, 0.4) is 0 Å². The Morgan fingerprint density at radius 1 is 1.44 bits per heavy atom. The minimum atomic E-state index is -0.369. The lowest BCUT2D eigenvalue weighted by atomic mass is 10.1. The Bertz CT molecular complexity index is 422. The van der Waals surface area contributed by atoms with E-state index in [4.69, 9.17) is 28.5 Å². The largest absolute Gasteiger partial charge is 0.298 e. The SMILES string of the molecule is N#CC(NCC1CC1)c1cccc(Cl)c1Cl. The Labute approximate surface area is 105 Å². The van der Waals surface area contributed by atoms with Crippen molar-refractivity contribution in [2.24, 2.45) is 5.92 Å². The molecule has 1 fully saturated rings. The zero-order valence-electron chi connectivity index (χ0n) is 8.71. The normalized spacial score (nSPS) is 16.8. The number of nitrogens with zero attached hydrogens (tertiary/aromatic N) is 1. The second kappa shape index (κ2) is 5.05. The van der Waals surface area contributed by atoms with Crippen LogP contribution in [0.25, 0.3) is 0 Å². The van der Waals surface area contributed by atoms with Gasteiger partial charge in [0.15, 0.2) is 0 Å². The lowest BCUT2D eigenvalue weighted by Gasteiger charge is -2.13. The fourth-order valence-corrected chi connectivity index (χ4v) is 1.99. The lowest BCUT2D eigenvalue weighted by Crippen LogP contribution is -2.22. The molecule has 0 saturated heterocycles. The summed E-state index contributed by atoms with van der Waals surface area (Å²) in [6.45, 7) is 0.876. The highest BCUT2D eigenvalue weighted by Crippen LogP contribution is 2.31. The van der Waals surface area contributed by atoms with E-state index in [9.17, 15) is 0 Å². The molecule has 1 aliphatic rings. The molecule has 1 aromatic rings. The third-order valence-corrected chi connectivity index (χ3v) is 3.56. The van der Waals surface area contributed by atoms with Gasteiger partial charge in [0.05, 0.1) is 16.1 Å². The molecule has 1 aromatic carbocycles. The van der Waals surface area contributed by atoms with Gasteiger partial charge in [-0.05, 0) is 31.4 Å². The predicted molar refractivity (Wildman–Crippen MR) is 65.5 cm³/mol. The fraction of sp³-hybridized carbons (Fsp3) is 0.417. The average molecular weight is 255 g/mol. The van der Waals surface area contributed by atoms with Crippen molar-refractivity contribution in [3.8, 4) is 6.07 Å². The highest BCUT2D eigenvalue weighted by atomic mass is 35.5. The molecule has 2 rings (SSSR count). The van der Waals surface area contributed by atoms with E-state index in [0.717, 1.165) is 18.0 Å². The second-order valence-corrected chi connectivity index (χ2v) is 4.84. The number of nitriles is 1. The van der Waals surface area contributed by atoms with Gasteiger partial charge in [-0.1, -0.05) is 35.3 Å². The molecule has 2 nitrogen and oxygen atoms in total. The molecule has 1 N–H and O–H groups in total. The van der Waals surface area contributed by atoms with E-state index in [0.29, 0.717) is 10.0 Å². The van der Waals surface area contributed by atoms with Crippen molar-refractivity contribution >= 4 is 23.2 Å². The molecule has 0 heterocycles. The third-order valence-electron chi connectivity index (χ3n) is 2.73. The second-order valence-electron chi connectivity index (χ2n) is 4.06. The smallest absolute Gasteiger partial charge is 0.122 e. The highest BCUT2D eigenvalue weighted by molar-refractivity contribution is 6.42. The van der Waals surface area contributed by atoms with Crippen molar-refractivity contribution in [1.29, 1.82) is 5.26 Å². The van der Waals surface area contributed by atoms with Gasteiger partial charge in [-0.25, -0.2) is 0 Å². The summed E-state index contributed by atoms with van der Waals surface area (Å²) in [5.74, 6) is 0.730. The van der Waals surface area contributed by atoms with Gasteiger partial charge in [-0.3, -0.25) is 5.32 Å². The van der Waals surface area contributed by atoms with Crippen LogP contribution in [0, 0.1) is 17.2 Å². The summed E-state index contributed by atoms with van der Waals surface area (Å²) in [6, 6.07) is 7.22. The summed E-state index contributed by atoms with van der Waals surface area (Å²) in [5, 5.41) is 13.3. The quantitative estimate of drug-likeness (QED) is 0.892. The molecule has 0 spiro atoms. The Balaban J connectivity index is 2.12. The van der Waals surface area contributed by atoms with Gasteiger partial charge >= 0.3 is 0 Å². The summed E-state index contributed by atoms with van der Waals surface area (Å²) < 4.78 is 0. The average Bonchev–Trinajstić information content (AvgIpc) is 3.08. The molecule has 4 heteroatoms. The number of halogens is 2. The Hall–Kier alpha value is -0.750. The van der Waals surface area contributed by atoms with Gasteiger partial charge in [-0.15, -0.1) is 0 Å². The van der Waals surface area contributed by atoms with E-state index < -0.39 is 0 Å². The van der Waals surface area contributed by atoms with Crippen LogP contribution in [0.15, 0.2) is 18.2 Å². The lowest BCUT2D eigenvalue weighted by molar-refractivity contribution is 0.593. The van der Waals surface area contributed by atoms with Gasteiger partial charge in [0, 0.05) is 5.56 Å². The molecule has 1 saturated carbocycles. The van der Waals surface area contributed by atoms with E-state index in [1.807, 2.05) is 12.1 Å². The number of hydrogen-bond acceptors (Lipinski definition) is 2. The van der Waals surface area contributed by atoms with Crippen LogP contribution in [0.5, 0.6) is 0 Å². The first kappa shape index (κ1) is 11.7. The van der Waals surface area contributed by atoms with E-state index in [1.165, 1.54) is 12.8 Å². The first-order valence-corrected chi connectivity index (χ1v) is 6.05. The number of hydrogen-bond donors (Lipinski definition) is 1. The van der Waals surface area contributed by atoms with Crippen LogP contribution in [-0.4, -0.2) is 6.54 Å². The Morgan fingerprint density at radius 3 is 2.81 bits per heavy atom. The molecule has 1 atom stereocenters. The van der Waals surface area contributed by atoms with Gasteiger partial charge in [-0.2, -0.15) is 5.26 Å². The summed E-state index contributed by atoms with van der Waals surface area (Å²) in [4.78, 5) is 0. The van der Waals surface area contributed by atoms with Gasteiger partial charge in [0.2, 0.25) is 0 Å². The highest BCUT2D eigenvalue weighted by Gasteiger charge is 2.23. The zero-order chi connectivity index (χ0) is 11.5. The van der Waals surface area contributed by atoms with Crippen LogP contribution in [-0.2, 0) is 0 Å².